The average Bonchev–Trinajstić information content (AvgIpc) is 2.62. The molecule has 2 aromatic carbocycles. The Kier molecular flexibility index (Phi) is 6.18. The van der Waals surface area contributed by atoms with Gasteiger partial charge in [0, 0.05) is 11.0 Å². The topological polar surface area (TPSA) is 88.8 Å². The zero-order valence-corrected chi connectivity index (χ0v) is 16.4. The van der Waals surface area contributed by atoms with Gasteiger partial charge in [-0.05, 0) is 48.7 Å². The molecule has 1 aromatic heterocycles. The van der Waals surface area contributed by atoms with Gasteiger partial charge < -0.3 is 16.4 Å². The Labute approximate surface area is 165 Å². The maximum atomic E-state index is 13.2. The van der Waals surface area contributed by atoms with E-state index in [1.165, 1.54) is 12.1 Å². The second-order valence-electron chi connectivity index (χ2n) is 6.07. The summed E-state index contributed by atoms with van der Waals surface area (Å²) in [5, 5.41) is 6.33. The third kappa shape index (κ3) is 5.62. The molecule has 0 aliphatic rings. The van der Waals surface area contributed by atoms with E-state index >= 15 is 0 Å². The van der Waals surface area contributed by atoms with Gasteiger partial charge in [0.1, 0.15) is 5.82 Å². The molecule has 0 radical (unpaired) electrons. The first kappa shape index (κ1) is 19.0. The standard InChI is InChI=1S/C19H20BrFN6/c1-12(14-5-7-15(20)8-6-14)24-19-26-17(22)25-18(27-19)23-10-9-13-3-2-4-16(21)11-13/h2-8,11-12H,9-10H2,1H3,(H4,22,23,24,25,26,27)/t12-/m0/s1. The zero-order chi connectivity index (χ0) is 19.2. The lowest BCUT2D eigenvalue weighted by Gasteiger charge is -2.15. The second-order valence-corrected chi connectivity index (χ2v) is 6.98. The molecule has 4 N–H and O–H groups in total. The molecule has 0 aliphatic heterocycles. The summed E-state index contributed by atoms with van der Waals surface area (Å²) in [6.45, 7) is 2.56. The summed E-state index contributed by atoms with van der Waals surface area (Å²) < 4.78 is 14.2. The minimum Gasteiger partial charge on any atom is -0.368 e. The Hall–Kier alpha value is -2.74. The quantitative estimate of drug-likeness (QED) is 0.520. The van der Waals surface area contributed by atoms with Crippen LogP contribution in [0.3, 0.4) is 0 Å². The summed E-state index contributed by atoms with van der Waals surface area (Å²) in [6, 6.07) is 14.5. The fraction of sp³-hybridized carbons (Fsp3) is 0.211. The van der Waals surface area contributed by atoms with Gasteiger partial charge >= 0.3 is 0 Å². The fourth-order valence-corrected chi connectivity index (χ4v) is 2.84. The van der Waals surface area contributed by atoms with Crippen LogP contribution in [0.5, 0.6) is 0 Å². The molecule has 0 aliphatic carbocycles. The molecule has 1 atom stereocenters. The Bertz CT molecular complexity index is 903. The minimum absolute atomic E-state index is 0.0000407. The summed E-state index contributed by atoms with van der Waals surface area (Å²) in [6.07, 6.45) is 0.640. The maximum Gasteiger partial charge on any atom is 0.229 e. The summed E-state index contributed by atoms with van der Waals surface area (Å²) in [7, 11) is 0. The van der Waals surface area contributed by atoms with Crippen LogP contribution < -0.4 is 16.4 Å². The van der Waals surface area contributed by atoms with Crippen LogP contribution in [0.25, 0.3) is 0 Å². The van der Waals surface area contributed by atoms with Crippen molar-refractivity contribution in [1.82, 2.24) is 15.0 Å². The molecular weight excluding hydrogens is 411 g/mol. The van der Waals surface area contributed by atoms with Crippen molar-refractivity contribution in [2.45, 2.75) is 19.4 Å². The van der Waals surface area contributed by atoms with E-state index in [1.54, 1.807) is 6.07 Å². The number of halogens is 2. The number of aromatic nitrogens is 3. The first-order valence-electron chi connectivity index (χ1n) is 8.51. The summed E-state index contributed by atoms with van der Waals surface area (Å²) in [5.74, 6) is 0.657. The molecule has 140 valence electrons. The highest BCUT2D eigenvalue weighted by Gasteiger charge is 2.10. The van der Waals surface area contributed by atoms with Crippen molar-refractivity contribution in [3.63, 3.8) is 0 Å². The van der Waals surface area contributed by atoms with Crippen LogP contribution in [-0.2, 0) is 6.42 Å². The lowest BCUT2D eigenvalue weighted by atomic mass is 10.1. The van der Waals surface area contributed by atoms with Crippen LogP contribution in [0.4, 0.5) is 22.2 Å². The Morgan fingerprint density at radius 2 is 1.81 bits per heavy atom. The van der Waals surface area contributed by atoms with E-state index in [9.17, 15) is 4.39 Å². The van der Waals surface area contributed by atoms with Gasteiger partial charge in [-0.3, -0.25) is 0 Å². The molecule has 0 saturated carbocycles. The van der Waals surface area contributed by atoms with Crippen LogP contribution >= 0.6 is 15.9 Å². The molecule has 8 heteroatoms. The van der Waals surface area contributed by atoms with E-state index in [0.717, 1.165) is 15.6 Å². The molecule has 0 saturated heterocycles. The highest BCUT2D eigenvalue weighted by Crippen LogP contribution is 2.20. The third-order valence-corrected chi connectivity index (χ3v) is 4.48. The highest BCUT2D eigenvalue weighted by atomic mass is 79.9. The lowest BCUT2D eigenvalue weighted by molar-refractivity contribution is 0.625. The van der Waals surface area contributed by atoms with Crippen molar-refractivity contribution >= 4 is 33.8 Å². The van der Waals surface area contributed by atoms with E-state index in [-0.39, 0.29) is 17.8 Å². The van der Waals surface area contributed by atoms with Gasteiger partial charge in [-0.15, -0.1) is 0 Å². The molecule has 0 unspecified atom stereocenters. The largest absolute Gasteiger partial charge is 0.368 e. The van der Waals surface area contributed by atoms with Gasteiger partial charge in [0.2, 0.25) is 17.8 Å². The van der Waals surface area contributed by atoms with Crippen molar-refractivity contribution < 1.29 is 4.39 Å². The highest BCUT2D eigenvalue weighted by molar-refractivity contribution is 9.10. The van der Waals surface area contributed by atoms with E-state index in [0.29, 0.717) is 24.9 Å². The second kappa shape index (κ2) is 8.77. The first-order chi connectivity index (χ1) is 13.0. The van der Waals surface area contributed by atoms with Crippen molar-refractivity contribution in [1.29, 1.82) is 0 Å². The summed E-state index contributed by atoms with van der Waals surface area (Å²) >= 11 is 3.43. The van der Waals surface area contributed by atoms with Gasteiger partial charge in [-0.1, -0.05) is 40.2 Å². The number of anilines is 3. The number of nitrogens with one attached hydrogen (secondary N) is 2. The van der Waals surface area contributed by atoms with Crippen molar-refractivity contribution in [2.75, 3.05) is 22.9 Å². The van der Waals surface area contributed by atoms with Crippen LogP contribution in [0.2, 0.25) is 0 Å². The molecule has 3 aromatic rings. The van der Waals surface area contributed by atoms with Crippen molar-refractivity contribution in [3.8, 4) is 0 Å². The minimum atomic E-state index is -0.245. The Balaban J connectivity index is 1.62. The van der Waals surface area contributed by atoms with Crippen LogP contribution in [0.1, 0.15) is 24.1 Å². The number of nitrogens with zero attached hydrogens (tertiary/aromatic N) is 3. The van der Waals surface area contributed by atoms with E-state index < -0.39 is 0 Å². The van der Waals surface area contributed by atoms with E-state index in [4.69, 9.17) is 5.73 Å². The zero-order valence-electron chi connectivity index (χ0n) is 14.8. The van der Waals surface area contributed by atoms with Gasteiger partial charge in [-0.2, -0.15) is 15.0 Å². The average molecular weight is 431 g/mol. The number of rotatable bonds is 7. The van der Waals surface area contributed by atoms with Crippen LogP contribution in [0.15, 0.2) is 53.0 Å². The SMILES string of the molecule is C[C@H](Nc1nc(N)nc(NCCc2cccc(F)c2)n1)c1ccc(Br)cc1. The van der Waals surface area contributed by atoms with Gasteiger partial charge in [0.15, 0.2) is 0 Å². The predicted octanol–water partition coefficient (Wildman–Crippen LogP) is 4.18. The smallest absolute Gasteiger partial charge is 0.229 e. The fourth-order valence-electron chi connectivity index (χ4n) is 2.58. The van der Waals surface area contributed by atoms with Crippen LogP contribution in [-0.4, -0.2) is 21.5 Å². The number of benzene rings is 2. The first-order valence-corrected chi connectivity index (χ1v) is 9.31. The lowest BCUT2D eigenvalue weighted by Crippen LogP contribution is -2.14. The van der Waals surface area contributed by atoms with E-state index in [1.807, 2.05) is 37.3 Å². The Morgan fingerprint density at radius 3 is 2.56 bits per heavy atom. The molecule has 0 fully saturated rings. The normalized spacial score (nSPS) is 11.8. The monoisotopic (exact) mass is 430 g/mol. The molecule has 1 heterocycles. The van der Waals surface area contributed by atoms with E-state index in [2.05, 4.69) is 41.5 Å². The molecular formula is C19H20BrFN6. The number of nitrogens with two attached hydrogens (primary N) is 1. The molecule has 0 bridgehead atoms. The van der Waals surface area contributed by atoms with Crippen molar-refractivity contribution in [3.05, 3.63) is 69.9 Å². The number of hydrogen-bond donors (Lipinski definition) is 3. The molecule has 6 nitrogen and oxygen atoms in total. The van der Waals surface area contributed by atoms with Crippen LogP contribution in [0, 0.1) is 5.82 Å². The predicted molar refractivity (Wildman–Crippen MR) is 109 cm³/mol. The molecule has 3 rings (SSSR count). The van der Waals surface area contributed by atoms with Gasteiger partial charge in [0.05, 0.1) is 6.04 Å². The third-order valence-electron chi connectivity index (χ3n) is 3.95. The Morgan fingerprint density at radius 1 is 1.07 bits per heavy atom. The summed E-state index contributed by atoms with van der Waals surface area (Å²) in [5.41, 5.74) is 7.79. The molecule has 0 amide bonds. The number of nitrogen functional groups attached to an aromatic ring is 1. The molecule has 27 heavy (non-hydrogen) atoms. The van der Waals surface area contributed by atoms with Gasteiger partial charge in [0.25, 0.3) is 0 Å². The number of hydrogen-bond acceptors (Lipinski definition) is 6. The van der Waals surface area contributed by atoms with Crippen molar-refractivity contribution in [2.24, 2.45) is 0 Å². The maximum absolute atomic E-state index is 13.2. The molecule has 0 spiro atoms. The summed E-state index contributed by atoms with van der Waals surface area (Å²) in [4.78, 5) is 12.6. The van der Waals surface area contributed by atoms with Gasteiger partial charge in [-0.25, -0.2) is 4.39 Å².